The summed E-state index contributed by atoms with van der Waals surface area (Å²) in [5.41, 5.74) is 1.00. The van der Waals surface area contributed by atoms with Gasteiger partial charge in [-0.05, 0) is 17.7 Å². The topological polar surface area (TPSA) is 79.2 Å². The molecule has 2 rings (SSSR count). The van der Waals surface area contributed by atoms with Crippen LogP contribution in [0.4, 0.5) is 5.82 Å². The first-order valence-corrected chi connectivity index (χ1v) is 5.32. The molecule has 0 atom stereocenters. The Labute approximate surface area is 104 Å². The fraction of sp³-hybridized carbons (Fsp3) is 0.167. The Morgan fingerprint density at radius 1 is 1.28 bits per heavy atom. The number of hydrogen-bond acceptors (Lipinski definition) is 5. The normalized spacial score (nSPS) is 10.1. The van der Waals surface area contributed by atoms with Crippen LogP contribution in [0.15, 0.2) is 36.9 Å². The van der Waals surface area contributed by atoms with Crippen LogP contribution in [-0.2, 0) is 6.54 Å². The summed E-state index contributed by atoms with van der Waals surface area (Å²) < 4.78 is 0. The van der Waals surface area contributed by atoms with Crippen molar-refractivity contribution in [2.75, 3.05) is 11.9 Å². The summed E-state index contributed by atoms with van der Waals surface area (Å²) in [5.74, 6) is -0.562. The van der Waals surface area contributed by atoms with Crippen LogP contribution in [0.5, 0.6) is 0 Å². The van der Waals surface area contributed by atoms with E-state index in [4.69, 9.17) is 5.11 Å². The highest BCUT2D eigenvalue weighted by molar-refractivity contribution is 5.85. The van der Waals surface area contributed by atoms with E-state index in [0.717, 1.165) is 5.56 Å². The van der Waals surface area contributed by atoms with Gasteiger partial charge in [-0.3, -0.25) is 9.97 Å². The highest BCUT2D eigenvalue weighted by Crippen LogP contribution is 2.11. The molecule has 0 aromatic carbocycles. The molecule has 0 radical (unpaired) electrons. The van der Waals surface area contributed by atoms with Gasteiger partial charge in [0.2, 0.25) is 0 Å². The maximum atomic E-state index is 10.8. The smallest absolute Gasteiger partial charge is 0.356 e. The highest BCUT2D eigenvalue weighted by atomic mass is 16.4. The molecule has 0 bridgehead atoms. The summed E-state index contributed by atoms with van der Waals surface area (Å²) >= 11 is 0. The van der Waals surface area contributed by atoms with E-state index in [1.807, 2.05) is 24.1 Å². The molecule has 1 N–H and O–H groups in total. The van der Waals surface area contributed by atoms with Crippen LogP contribution in [0.25, 0.3) is 0 Å². The second-order valence-corrected chi connectivity index (χ2v) is 3.78. The zero-order valence-electron chi connectivity index (χ0n) is 9.82. The molecule has 6 nitrogen and oxygen atoms in total. The van der Waals surface area contributed by atoms with Crippen LogP contribution in [0.1, 0.15) is 16.1 Å². The quantitative estimate of drug-likeness (QED) is 0.870. The lowest BCUT2D eigenvalue weighted by Gasteiger charge is -2.17. The number of carbonyl (C=O) groups is 1. The second kappa shape index (κ2) is 5.22. The van der Waals surface area contributed by atoms with E-state index in [0.29, 0.717) is 12.4 Å². The Morgan fingerprint density at radius 3 is 2.67 bits per heavy atom. The number of aromatic carboxylic acids is 1. The average Bonchev–Trinajstić information content (AvgIpc) is 2.40. The van der Waals surface area contributed by atoms with E-state index in [-0.39, 0.29) is 5.69 Å². The lowest BCUT2D eigenvalue weighted by atomic mass is 10.2. The fourth-order valence-corrected chi connectivity index (χ4v) is 1.49. The van der Waals surface area contributed by atoms with Gasteiger partial charge in [0.15, 0.2) is 5.69 Å². The SMILES string of the molecule is CN(Cc1ccncc1)c1cncc(C(=O)O)n1. The third kappa shape index (κ3) is 2.79. The predicted octanol–water partition coefficient (Wildman–Crippen LogP) is 1.21. The molecule has 0 aliphatic heterocycles. The zero-order chi connectivity index (χ0) is 13.0. The minimum atomic E-state index is -1.08. The Bertz CT molecular complexity index is 545. The summed E-state index contributed by atoms with van der Waals surface area (Å²) in [4.78, 5) is 24.5. The minimum Gasteiger partial charge on any atom is -0.476 e. The minimum absolute atomic E-state index is 0.0610. The lowest BCUT2D eigenvalue weighted by molar-refractivity contribution is 0.0690. The molecule has 0 aliphatic rings. The number of anilines is 1. The lowest BCUT2D eigenvalue weighted by Crippen LogP contribution is -2.19. The van der Waals surface area contributed by atoms with E-state index in [9.17, 15) is 4.79 Å². The number of nitrogens with zero attached hydrogens (tertiary/aromatic N) is 4. The average molecular weight is 244 g/mol. The predicted molar refractivity (Wildman–Crippen MR) is 65.3 cm³/mol. The monoisotopic (exact) mass is 244 g/mol. The molecule has 0 aliphatic carbocycles. The standard InChI is InChI=1S/C12H12N4O2/c1-16(8-9-2-4-13-5-3-9)11-7-14-6-10(15-11)12(17)18/h2-7H,8H2,1H3,(H,17,18). The number of pyridine rings is 1. The fourth-order valence-electron chi connectivity index (χ4n) is 1.49. The van der Waals surface area contributed by atoms with Crippen molar-refractivity contribution in [2.45, 2.75) is 6.54 Å². The zero-order valence-corrected chi connectivity index (χ0v) is 9.82. The number of aromatic nitrogens is 3. The number of hydrogen-bond donors (Lipinski definition) is 1. The van der Waals surface area contributed by atoms with Crippen molar-refractivity contribution in [3.63, 3.8) is 0 Å². The Kier molecular flexibility index (Phi) is 3.47. The summed E-state index contributed by atoms with van der Waals surface area (Å²) in [7, 11) is 1.83. The molecule has 92 valence electrons. The molecular weight excluding hydrogens is 232 g/mol. The van der Waals surface area contributed by atoms with Crippen molar-refractivity contribution >= 4 is 11.8 Å². The maximum absolute atomic E-state index is 10.8. The molecule has 2 aromatic heterocycles. The molecule has 6 heteroatoms. The number of carboxylic acid groups (broad SMARTS) is 1. The van der Waals surface area contributed by atoms with Gasteiger partial charge in [-0.2, -0.15) is 0 Å². The first-order chi connectivity index (χ1) is 8.66. The molecule has 0 unspecified atom stereocenters. The Balaban J connectivity index is 2.16. The van der Waals surface area contributed by atoms with Gasteiger partial charge < -0.3 is 10.0 Å². The molecule has 2 aromatic rings. The van der Waals surface area contributed by atoms with Gasteiger partial charge in [-0.25, -0.2) is 9.78 Å². The maximum Gasteiger partial charge on any atom is 0.356 e. The van der Waals surface area contributed by atoms with Gasteiger partial charge in [0.25, 0.3) is 0 Å². The third-order valence-corrected chi connectivity index (χ3v) is 2.40. The number of rotatable bonds is 4. The summed E-state index contributed by atoms with van der Waals surface area (Å²) in [6.07, 6.45) is 6.19. The largest absolute Gasteiger partial charge is 0.476 e. The molecule has 2 heterocycles. The Hall–Kier alpha value is -2.50. The Morgan fingerprint density at radius 2 is 2.00 bits per heavy atom. The molecule has 0 spiro atoms. The highest BCUT2D eigenvalue weighted by Gasteiger charge is 2.09. The van der Waals surface area contributed by atoms with Crippen LogP contribution < -0.4 is 4.90 Å². The van der Waals surface area contributed by atoms with Crippen molar-refractivity contribution < 1.29 is 9.90 Å². The van der Waals surface area contributed by atoms with Crippen molar-refractivity contribution in [2.24, 2.45) is 0 Å². The van der Waals surface area contributed by atoms with Crippen LogP contribution in [0.3, 0.4) is 0 Å². The van der Waals surface area contributed by atoms with Crippen LogP contribution in [-0.4, -0.2) is 33.1 Å². The number of carboxylic acids is 1. The van der Waals surface area contributed by atoms with E-state index < -0.39 is 5.97 Å². The van der Waals surface area contributed by atoms with Crippen LogP contribution >= 0.6 is 0 Å². The van der Waals surface area contributed by atoms with E-state index in [2.05, 4.69) is 15.0 Å². The molecule has 0 amide bonds. The van der Waals surface area contributed by atoms with Gasteiger partial charge in [-0.1, -0.05) is 0 Å². The molecular formula is C12H12N4O2. The van der Waals surface area contributed by atoms with Crippen molar-refractivity contribution in [1.29, 1.82) is 0 Å². The van der Waals surface area contributed by atoms with Gasteiger partial charge in [0.1, 0.15) is 5.82 Å². The summed E-state index contributed by atoms with van der Waals surface area (Å²) in [5, 5.41) is 8.85. The van der Waals surface area contributed by atoms with Crippen LogP contribution in [0.2, 0.25) is 0 Å². The van der Waals surface area contributed by atoms with E-state index in [1.165, 1.54) is 12.4 Å². The molecule has 18 heavy (non-hydrogen) atoms. The van der Waals surface area contributed by atoms with Crippen molar-refractivity contribution in [3.05, 3.63) is 48.2 Å². The van der Waals surface area contributed by atoms with E-state index in [1.54, 1.807) is 12.4 Å². The second-order valence-electron chi connectivity index (χ2n) is 3.78. The van der Waals surface area contributed by atoms with Gasteiger partial charge in [0, 0.05) is 26.0 Å². The molecule has 0 fully saturated rings. The summed E-state index contributed by atoms with van der Waals surface area (Å²) in [6.45, 7) is 0.611. The third-order valence-electron chi connectivity index (χ3n) is 2.40. The molecule has 0 saturated heterocycles. The first kappa shape index (κ1) is 12.0. The van der Waals surface area contributed by atoms with Gasteiger partial charge in [-0.15, -0.1) is 0 Å². The van der Waals surface area contributed by atoms with Gasteiger partial charge in [0.05, 0.1) is 12.4 Å². The van der Waals surface area contributed by atoms with Crippen molar-refractivity contribution in [1.82, 2.24) is 15.0 Å². The van der Waals surface area contributed by atoms with Crippen LogP contribution in [0, 0.1) is 0 Å². The van der Waals surface area contributed by atoms with Gasteiger partial charge >= 0.3 is 5.97 Å². The van der Waals surface area contributed by atoms with E-state index >= 15 is 0 Å². The first-order valence-electron chi connectivity index (χ1n) is 5.32. The summed E-state index contributed by atoms with van der Waals surface area (Å²) in [6, 6.07) is 3.79. The molecule has 0 saturated carbocycles. The van der Waals surface area contributed by atoms with Crippen molar-refractivity contribution in [3.8, 4) is 0 Å².